The van der Waals surface area contributed by atoms with Gasteiger partial charge in [-0.25, -0.2) is 0 Å². The average Bonchev–Trinajstić information content (AvgIpc) is 1.70. The number of rotatable bonds is 12. The lowest BCUT2D eigenvalue weighted by atomic mass is 9.86. The minimum atomic E-state index is 1.09. The predicted octanol–water partition coefficient (Wildman–Crippen LogP) is 22.9. The first-order valence-electron chi connectivity index (χ1n) is 30.5. The third-order valence-electron chi connectivity index (χ3n) is 17.8. The Kier molecular flexibility index (Phi) is 12.5. The number of aromatic nitrogens is 3. The summed E-state index contributed by atoms with van der Waals surface area (Å²) in [6, 6.07) is 126. The fourth-order valence-electron chi connectivity index (χ4n) is 13.9. The molecule has 89 heavy (non-hydrogen) atoms. The van der Waals surface area contributed by atoms with E-state index in [1.54, 1.807) is 0 Å². The van der Waals surface area contributed by atoms with E-state index >= 15 is 0 Å². The molecular weight excluding hydrogens is 1080 g/mol. The SMILES string of the molecule is c1ccc(N(c2ccccc2)c2ccc3c(c2)c2cc(-c4cccc(-c5ccc6c(c5)c5cc(N(c7ccccc7)c7ccccc7)ccc5n6-c5ccccc5)c4-c4ccc5c(c4)c4ccccc4n5-c4ccccc4)ccc2n3-c2ccccc2)cc1. The van der Waals surface area contributed by atoms with Gasteiger partial charge >= 0.3 is 0 Å². The Morgan fingerprint density at radius 2 is 0.461 bits per heavy atom. The topological polar surface area (TPSA) is 21.3 Å². The van der Waals surface area contributed by atoms with Gasteiger partial charge in [0.15, 0.2) is 0 Å². The normalized spacial score (nSPS) is 11.6. The zero-order chi connectivity index (χ0) is 58.8. The van der Waals surface area contributed by atoms with Crippen molar-refractivity contribution in [2.75, 3.05) is 9.80 Å². The van der Waals surface area contributed by atoms with Crippen LogP contribution in [0.25, 0.3) is 116 Å². The number of anilines is 6. The van der Waals surface area contributed by atoms with Crippen molar-refractivity contribution in [3.05, 3.63) is 346 Å². The van der Waals surface area contributed by atoms with Crippen molar-refractivity contribution in [1.29, 1.82) is 0 Å². The second-order valence-electron chi connectivity index (χ2n) is 22.9. The second-order valence-corrected chi connectivity index (χ2v) is 22.9. The fourth-order valence-corrected chi connectivity index (χ4v) is 13.9. The molecule has 3 aromatic heterocycles. The fraction of sp³-hybridized carbons (Fsp3) is 0. The minimum Gasteiger partial charge on any atom is -0.310 e. The van der Waals surface area contributed by atoms with Gasteiger partial charge in [0.25, 0.3) is 0 Å². The summed E-state index contributed by atoms with van der Waals surface area (Å²) in [5, 5.41) is 7.11. The molecule has 5 nitrogen and oxygen atoms in total. The van der Waals surface area contributed by atoms with Crippen LogP contribution in [0.15, 0.2) is 346 Å². The average molecular weight is 1140 g/mol. The highest BCUT2D eigenvalue weighted by atomic mass is 15.1. The van der Waals surface area contributed by atoms with Crippen LogP contribution in [-0.2, 0) is 0 Å². The number of hydrogen-bond acceptors (Lipinski definition) is 2. The lowest BCUT2D eigenvalue weighted by Crippen LogP contribution is -2.09. The molecule has 418 valence electrons. The molecule has 0 spiro atoms. The molecule has 14 aromatic carbocycles. The Morgan fingerprint density at radius 1 is 0.180 bits per heavy atom. The highest BCUT2D eigenvalue weighted by Crippen LogP contribution is 2.48. The summed E-state index contributed by atoms with van der Waals surface area (Å²) in [5.41, 5.74) is 23.7. The van der Waals surface area contributed by atoms with Crippen LogP contribution in [0, 0.1) is 0 Å². The van der Waals surface area contributed by atoms with Gasteiger partial charge < -0.3 is 23.5 Å². The molecule has 0 aliphatic carbocycles. The lowest BCUT2D eigenvalue weighted by molar-refractivity contribution is 1.18. The Balaban J connectivity index is 0.920. The standard InChI is InChI=1S/C84H57N5/c1-8-25-61(26-9-1)85(62-27-10-2-11-28-62)68-46-51-82-76(56-68)74-53-58(43-48-80(74)88(82)66-35-18-6-19-36-66)70-40-24-41-71(84(70)60-45-50-79-73(55-60)72-39-22-23-42-78(72)87(79)65-33-16-5-17-34-65)59-44-49-81-75(54-59)77-57-69(47-52-83(77)89(81)67-37-20-7-21-38-67)86(63-29-12-3-13-30-63)64-31-14-4-15-32-64/h1-57H. The Labute approximate surface area is 516 Å². The Hall–Kier alpha value is -11.9. The lowest BCUT2D eigenvalue weighted by Gasteiger charge is -2.25. The maximum Gasteiger partial charge on any atom is 0.0542 e. The zero-order valence-electron chi connectivity index (χ0n) is 48.6. The first-order chi connectivity index (χ1) is 44.2. The molecule has 17 aromatic rings. The van der Waals surface area contributed by atoms with Gasteiger partial charge in [-0.3, -0.25) is 0 Å². The first kappa shape index (κ1) is 51.5. The van der Waals surface area contributed by atoms with Crippen molar-refractivity contribution in [3.63, 3.8) is 0 Å². The van der Waals surface area contributed by atoms with Crippen LogP contribution in [0.5, 0.6) is 0 Å². The number of nitrogens with zero attached hydrogens (tertiary/aromatic N) is 5. The largest absolute Gasteiger partial charge is 0.310 e. The van der Waals surface area contributed by atoms with E-state index in [4.69, 9.17) is 0 Å². The number of fused-ring (bicyclic) bond motifs is 9. The van der Waals surface area contributed by atoms with E-state index < -0.39 is 0 Å². The molecule has 0 N–H and O–H groups in total. The predicted molar refractivity (Wildman–Crippen MR) is 375 cm³/mol. The van der Waals surface area contributed by atoms with Gasteiger partial charge in [-0.1, -0.05) is 182 Å². The van der Waals surface area contributed by atoms with Crippen molar-refractivity contribution < 1.29 is 0 Å². The molecule has 0 radical (unpaired) electrons. The van der Waals surface area contributed by atoms with E-state index in [1.165, 1.54) is 43.4 Å². The zero-order valence-corrected chi connectivity index (χ0v) is 48.6. The van der Waals surface area contributed by atoms with E-state index in [0.717, 1.165) is 107 Å². The molecule has 17 rings (SSSR count). The summed E-state index contributed by atoms with van der Waals surface area (Å²) in [6.45, 7) is 0. The third-order valence-corrected chi connectivity index (χ3v) is 17.8. The molecular formula is C84H57N5. The van der Waals surface area contributed by atoms with E-state index in [0.29, 0.717) is 0 Å². The maximum absolute atomic E-state index is 2.45. The van der Waals surface area contributed by atoms with Crippen molar-refractivity contribution in [2.24, 2.45) is 0 Å². The van der Waals surface area contributed by atoms with Gasteiger partial charge in [0.05, 0.1) is 33.1 Å². The van der Waals surface area contributed by atoms with Gasteiger partial charge in [0.2, 0.25) is 0 Å². The third kappa shape index (κ3) is 8.78. The summed E-state index contributed by atoms with van der Waals surface area (Å²) < 4.78 is 7.25. The summed E-state index contributed by atoms with van der Waals surface area (Å²) in [5.74, 6) is 0. The van der Waals surface area contributed by atoms with Crippen molar-refractivity contribution in [2.45, 2.75) is 0 Å². The van der Waals surface area contributed by atoms with Gasteiger partial charge in [-0.05, 0) is 197 Å². The molecule has 0 bridgehead atoms. The van der Waals surface area contributed by atoms with Crippen LogP contribution in [0.3, 0.4) is 0 Å². The quantitative estimate of drug-likeness (QED) is 0.122. The van der Waals surface area contributed by atoms with Crippen LogP contribution < -0.4 is 9.80 Å². The molecule has 0 unspecified atom stereocenters. The van der Waals surface area contributed by atoms with Gasteiger partial charge in [0, 0.05) is 83.5 Å². The van der Waals surface area contributed by atoms with Gasteiger partial charge in [0.1, 0.15) is 0 Å². The van der Waals surface area contributed by atoms with Crippen molar-refractivity contribution in [1.82, 2.24) is 13.7 Å². The van der Waals surface area contributed by atoms with Crippen LogP contribution in [0.2, 0.25) is 0 Å². The van der Waals surface area contributed by atoms with Crippen LogP contribution in [0.1, 0.15) is 0 Å². The van der Waals surface area contributed by atoms with Crippen LogP contribution in [-0.4, -0.2) is 13.7 Å². The van der Waals surface area contributed by atoms with Crippen LogP contribution in [0.4, 0.5) is 34.1 Å². The van der Waals surface area contributed by atoms with Crippen molar-refractivity contribution >= 4 is 99.5 Å². The highest BCUT2D eigenvalue weighted by molar-refractivity contribution is 6.16. The number of para-hydroxylation sites is 8. The molecule has 0 amide bonds. The summed E-state index contributed by atoms with van der Waals surface area (Å²) in [4.78, 5) is 4.72. The Morgan fingerprint density at radius 3 is 0.843 bits per heavy atom. The smallest absolute Gasteiger partial charge is 0.0542 e. The monoisotopic (exact) mass is 1140 g/mol. The minimum absolute atomic E-state index is 1.09. The van der Waals surface area contributed by atoms with Crippen LogP contribution >= 0.6 is 0 Å². The first-order valence-corrected chi connectivity index (χ1v) is 30.5. The molecule has 0 aliphatic heterocycles. The molecule has 0 atom stereocenters. The number of hydrogen-bond donors (Lipinski definition) is 0. The van der Waals surface area contributed by atoms with E-state index in [9.17, 15) is 0 Å². The summed E-state index contributed by atoms with van der Waals surface area (Å²) in [7, 11) is 0. The molecule has 3 heterocycles. The summed E-state index contributed by atoms with van der Waals surface area (Å²) in [6.07, 6.45) is 0. The highest BCUT2D eigenvalue weighted by Gasteiger charge is 2.24. The molecule has 0 fully saturated rings. The Bertz CT molecular complexity index is 5120. The molecule has 5 heteroatoms. The molecule has 0 aliphatic rings. The number of benzene rings is 14. The second kappa shape index (κ2) is 21.5. The van der Waals surface area contributed by atoms with E-state index in [1.807, 2.05) is 0 Å². The van der Waals surface area contributed by atoms with Gasteiger partial charge in [-0.15, -0.1) is 0 Å². The van der Waals surface area contributed by atoms with Gasteiger partial charge in [-0.2, -0.15) is 0 Å². The summed E-state index contributed by atoms with van der Waals surface area (Å²) >= 11 is 0. The molecule has 0 saturated heterocycles. The van der Waals surface area contributed by atoms with Crippen molar-refractivity contribution in [3.8, 4) is 50.4 Å². The van der Waals surface area contributed by atoms with E-state index in [-0.39, 0.29) is 0 Å². The maximum atomic E-state index is 2.45. The van der Waals surface area contributed by atoms with E-state index in [2.05, 4.69) is 369 Å². The molecule has 0 saturated carbocycles.